The summed E-state index contributed by atoms with van der Waals surface area (Å²) >= 11 is 0. The Morgan fingerprint density at radius 1 is 1.33 bits per heavy atom. The van der Waals surface area contributed by atoms with Gasteiger partial charge >= 0.3 is 0 Å². The van der Waals surface area contributed by atoms with Crippen molar-refractivity contribution in [3.63, 3.8) is 0 Å². The molecule has 0 atom stereocenters. The van der Waals surface area contributed by atoms with Crippen LogP contribution in [0.5, 0.6) is 5.75 Å². The van der Waals surface area contributed by atoms with Crippen molar-refractivity contribution < 1.29 is 9.53 Å². The molecule has 12 heavy (non-hydrogen) atoms. The maximum atomic E-state index is 10.1. The Hall–Kier alpha value is -1.57. The molecule has 0 saturated heterocycles. The number of hydrogen-bond acceptors (Lipinski definition) is 2. The normalized spacial score (nSPS) is 10.1. The van der Waals surface area contributed by atoms with Crippen LogP contribution >= 0.6 is 0 Å². The highest BCUT2D eigenvalue weighted by Crippen LogP contribution is 2.18. The van der Waals surface area contributed by atoms with E-state index in [1.54, 1.807) is 6.07 Å². The minimum Gasteiger partial charge on any atom is -0.428 e. The number of carbonyl (C=O) groups is 1. The first-order valence-corrected chi connectivity index (χ1v) is 3.70. The number of allylic oxidation sites excluding steroid dienone is 1. The van der Waals surface area contributed by atoms with Gasteiger partial charge in [0.05, 0.1) is 0 Å². The Kier molecular flexibility index (Phi) is 3.08. The van der Waals surface area contributed by atoms with E-state index in [9.17, 15) is 4.79 Å². The van der Waals surface area contributed by atoms with E-state index in [0.717, 1.165) is 5.56 Å². The molecule has 0 bridgehead atoms. The molecular formula is C10H10O2. The molecule has 1 rings (SSSR count). The minimum atomic E-state index is 0.433. The average Bonchev–Trinajstić information content (AvgIpc) is 2.09. The maximum Gasteiger partial charge on any atom is 0.298 e. The van der Waals surface area contributed by atoms with Crippen LogP contribution < -0.4 is 4.74 Å². The lowest BCUT2D eigenvalue weighted by atomic mass is 10.2. The van der Waals surface area contributed by atoms with Crippen LogP contribution in [-0.4, -0.2) is 6.47 Å². The minimum absolute atomic E-state index is 0.433. The second kappa shape index (κ2) is 4.34. The molecular weight excluding hydrogens is 152 g/mol. The molecule has 1 aromatic rings. The Balaban J connectivity index is 2.99. The second-order valence-electron chi connectivity index (χ2n) is 2.25. The van der Waals surface area contributed by atoms with Gasteiger partial charge in [0.1, 0.15) is 5.75 Å². The van der Waals surface area contributed by atoms with Crippen LogP contribution in [0.2, 0.25) is 0 Å². The molecule has 0 spiro atoms. The Morgan fingerprint density at radius 2 is 2.08 bits per heavy atom. The van der Waals surface area contributed by atoms with Crippen LogP contribution in [-0.2, 0) is 4.79 Å². The van der Waals surface area contributed by atoms with Crippen molar-refractivity contribution in [3.8, 4) is 5.75 Å². The molecule has 2 heteroatoms. The van der Waals surface area contributed by atoms with Gasteiger partial charge in [-0.25, -0.2) is 0 Å². The molecule has 62 valence electrons. The number of para-hydroxylation sites is 1. The standard InChI is InChI=1S/C10H10O2/c1-2-5-9-6-3-4-7-10(9)12-8-11/h2-8H,1H3. The van der Waals surface area contributed by atoms with Crippen LogP contribution in [0.3, 0.4) is 0 Å². The fraction of sp³-hybridized carbons (Fsp3) is 0.100. The zero-order chi connectivity index (χ0) is 8.81. The van der Waals surface area contributed by atoms with E-state index in [4.69, 9.17) is 4.74 Å². The summed E-state index contributed by atoms with van der Waals surface area (Å²) in [7, 11) is 0. The highest BCUT2D eigenvalue weighted by molar-refractivity contribution is 5.60. The van der Waals surface area contributed by atoms with E-state index in [2.05, 4.69) is 0 Å². The summed E-state index contributed by atoms with van der Waals surface area (Å²) in [6.45, 7) is 2.35. The molecule has 0 saturated carbocycles. The smallest absolute Gasteiger partial charge is 0.298 e. The van der Waals surface area contributed by atoms with E-state index in [-0.39, 0.29) is 0 Å². The predicted molar refractivity (Wildman–Crippen MR) is 47.8 cm³/mol. The molecule has 2 nitrogen and oxygen atoms in total. The molecule has 0 aliphatic carbocycles. The van der Waals surface area contributed by atoms with Crippen LogP contribution in [0.4, 0.5) is 0 Å². The van der Waals surface area contributed by atoms with E-state index < -0.39 is 0 Å². The van der Waals surface area contributed by atoms with E-state index >= 15 is 0 Å². The van der Waals surface area contributed by atoms with E-state index in [1.165, 1.54) is 0 Å². The highest BCUT2D eigenvalue weighted by atomic mass is 16.5. The van der Waals surface area contributed by atoms with Gasteiger partial charge < -0.3 is 4.74 Å². The van der Waals surface area contributed by atoms with Crippen molar-refractivity contribution in [3.05, 3.63) is 35.9 Å². The molecule has 0 radical (unpaired) electrons. The zero-order valence-electron chi connectivity index (χ0n) is 6.86. The quantitative estimate of drug-likeness (QED) is 0.637. The summed E-state index contributed by atoms with van der Waals surface area (Å²) in [6.07, 6.45) is 3.78. The topological polar surface area (TPSA) is 26.3 Å². The Morgan fingerprint density at radius 3 is 2.75 bits per heavy atom. The molecule has 0 aromatic heterocycles. The molecule has 0 aliphatic heterocycles. The van der Waals surface area contributed by atoms with Gasteiger partial charge in [0.15, 0.2) is 0 Å². The third-order valence-electron chi connectivity index (χ3n) is 1.44. The van der Waals surface area contributed by atoms with Gasteiger partial charge in [-0.2, -0.15) is 0 Å². The monoisotopic (exact) mass is 162 g/mol. The number of benzene rings is 1. The summed E-state index contributed by atoms with van der Waals surface area (Å²) < 4.78 is 4.76. The maximum absolute atomic E-state index is 10.1. The summed E-state index contributed by atoms with van der Waals surface area (Å²) in [5, 5.41) is 0. The first-order valence-electron chi connectivity index (χ1n) is 3.70. The van der Waals surface area contributed by atoms with Gasteiger partial charge in [0.25, 0.3) is 6.47 Å². The summed E-state index contributed by atoms with van der Waals surface area (Å²) in [4.78, 5) is 10.1. The van der Waals surface area contributed by atoms with Crippen molar-refractivity contribution in [1.82, 2.24) is 0 Å². The number of ether oxygens (including phenoxy) is 1. The van der Waals surface area contributed by atoms with Crippen molar-refractivity contribution in [2.75, 3.05) is 0 Å². The lowest BCUT2D eigenvalue weighted by molar-refractivity contribution is -0.120. The van der Waals surface area contributed by atoms with Gasteiger partial charge in [0.2, 0.25) is 0 Å². The highest BCUT2D eigenvalue weighted by Gasteiger charge is 1.96. The summed E-state index contributed by atoms with van der Waals surface area (Å²) in [6, 6.07) is 7.36. The lowest BCUT2D eigenvalue weighted by Crippen LogP contribution is -1.90. The van der Waals surface area contributed by atoms with E-state index in [0.29, 0.717) is 12.2 Å². The fourth-order valence-electron chi connectivity index (χ4n) is 0.957. The van der Waals surface area contributed by atoms with Crippen molar-refractivity contribution >= 4 is 12.5 Å². The Bertz CT molecular complexity index is 290. The van der Waals surface area contributed by atoms with Gasteiger partial charge in [-0.3, -0.25) is 4.79 Å². The van der Waals surface area contributed by atoms with Crippen LogP contribution in [0.25, 0.3) is 6.08 Å². The van der Waals surface area contributed by atoms with Gasteiger partial charge in [-0.05, 0) is 13.0 Å². The first-order chi connectivity index (χ1) is 5.88. The molecule has 0 amide bonds. The van der Waals surface area contributed by atoms with Gasteiger partial charge in [0, 0.05) is 5.56 Å². The molecule has 1 aromatic carbocycles. The zero-order valence-corrected chi connectivity index (χ0v) is 6.86. The average molecular weight is 162 g/mol. The third-order valence-corrected chi connectivity index (χ3v) is 1.44. The van der Waals surface area contributed by atoms with Crippen molar-refractivity contribution in [2.24, 2.45) is 0 Å². The molecule has 0 heterocycles. The van der Waals surface area contributed by atoms with E-state index in [1.807, 2.05) is 37.3 Å². The number of rotatable bonds is 3. The van der Waals surface area contributed by atoms with Gasteiger partial charge in [-0.1, -0.05) is 30.4 Å². The van der Waals surface area contributed by atoms with Gasteiger partial charge in [-0.15, -0.1) is 0 Å². The molecule has 0 aliphatic rings. The van der Waals surface area contributed by atoms with Crippen molar-refractivity contribution in [1.29, 1.82) is 0 Å². The first kappa shape index (κ1) is 8.53. The molecule has 0 unspecified atom stereocenters. The number of carbonyl (C=O) groups excluding carboxylic acids is 1. The molecule has 0 N–H and O–H groups in total. The van der Waals surface area contributed by atoms with Crippen LogP contribution in [0.1, 0.15) is 12.5 Å². The molecule has 0 fully saturated rings. The largest absolute Gasteiger partial charge is 0.428 e. The number of hydrogen-bond donors (Lipinski definition) is 0. The third kappa shape index (κ3) is 1.95. The SMILES string of the molecule is CC=Cc1ccccc1OC=O. The predicted octanol–water partition coefficient (Wildman–Crippen LogP) is 2.25. The summed E-state index contributed by atoms with van der Waals surface area (Å²) in [5.41, 5.74) is 0.909. The second-order valence-corrected chi connectivity index (χ2v) is 2.25. The summed E-state index contributed by atoms with van der Waals surface area (Å²) in [5.74, 6) is 0.589. The van der Waals surface area contributed by atoms with Crippen LogP contribution in [0.15, 0.2) is 30.3 Å². The fourth-order valence-corrected chi connectivity index (χ4v) is 0.957. The van der Waals surface area contributed by atoms with Crippen LogP contribution in [0, 0.1) is 0 Å². The lowest BCUT2D eigenvalue weighted by Gasteiger charge is -2.00. The van der Waals surface area contributed by atoms with Crippen molar-refractivity contribution in [2.45, 2.75) is 6.92 Å². The Labute approximate surface area is 71.5 Å².